The van der Waals surface area contributed by atoms with Crippen molar-refractivity contribution in [2.45, 2.75) is 11.7 Å². The van der Waals surface area contributed by atoms with Gasteiger partial charge in [0.05, 0.1) is 12.2 Å². The summed E-state index contributed by atoms with van der Waals surface area (Å²) < 4.78 is 10.0. The Hall–Kier alpha value is -1.08. The largest absolute Gasteiger partial charge is 0.478 e. The lowest BCUT2D eigenvalue weighted by molar-refractivity contribution is -0.113. The third-order valence-corrected chi connectivity index (χ3v) is 3.25. The highest BCUT2D eigenvalue weighted by molar-refractivity contribution is 8.00. The average Bonchev–Trinajstić information content (AvgIpc) is 2.88. The second-order valence-corrected chi connectivity index (χ2v) is 4.61. The van der Waals surface area contributed by atoms with Gasteiger partial charge >= 0.3 is 5.97 Å². The van der Waals surface area contributed by atoms with Crippen LogP contribution in [0.4, 0.5) is 0 Å². The average molecular weight is 272 g/mol. The van der Waals surface area contributed by atoms with Gasteiger partial charge in [-0.1, -0.05) is 18.2 Å². The van der Waals surface area contributed by atoms with Gasteiger partial charge in [0, 0.05) is 12.9 Å². The molecule has 5 nitrogen and oxygen atoms in total. The Morgan fingerprint density at radius 1 is 1.50 bits per heavy atom. The van der Waals surface area contributed by atoms with Crippen molar-refractivity contribution in [2.24, 2.45) is 0 Å². The van der Waals surface area contributed by atoms with Crippen molar-refractivity contribution in [1.82, 2.24) is 0 Å². The van der Waals surface area contributed by atoms with E-state index >= 15 is 0 Å². The summed E-state index contributed by atoms with van der Waals surface area (Å²) in [7, 11) is 1.60. The number of aliphatic hydroxyl groups is 1. The van der Waals surface area contributed by atoms with Crippen molar-refractivity contribution < 1.29 is 24.5 Å². The molecule has 0 aliphatic carbocycles. The van der Waals surface area contributed by atoms with Gasteiger partial charge in [-0.2, -0.15) is 0 Å². The van der Waals surface area contributed by atoms with Gasteiger partial charge in [-0.25, -0.2) is 4.79 Å². The fourth-order valence-electron chi connectivity index (χ4n) is 1.23. The van der Waals surface area contributed by atoms with E-state index in [1.165, 1.54) is 0 Å². The smallest absolute Gasteiger partial charge is 0.335 e. The van der Waals surface area contributed by atoms with E-state index in [4.69, 9.17) is 19.7 Å². The van der Waals surface area contributed by atoms with Gasteiger partial charge in [-0.15, -0.1) is 11.8 Å². The number of carboxylic acids is 1. The summed E-state index contributed by atoms with van der Waals surface area (Å²) in [5, 5.41) is 17.0. The molecule has 0 aromatic heterocycles. The quantitative estimate of drug-likeness (QED) is 0.867. The minimum atomic E-state index is -0.879. The standard InChI is InChI=1S/C7H6O2.C5H10O3S/c8-7(9)6-4-2-1-3-5-6;1-7-4-3-9-5(2-6)8-4/h1-5H,(H,8,9);4-6H,2-3H2,1H3. The van der Waals surface area contributed by atoms with Gasteiger partial charge in [0.1, 0.15) is 5.44 Å². The summed E-state index contributed by atoms with van der Waals surface area (Å²) in [5.74, 6) is -0.0579. The predicted octanol–water partition coefficient (Wildman–Crippen LogP) is 1.43. The number of carboxylic acid groups (broad SMARTS) is 1. The summed E-state index contributed by atoms with van der Waals surface area (Å²) in [4.78, 5) is 10.2. The molecule has 1 saturated heterocycles. The van der Waals surface area contributed by atoms with Crippen LogP contribution in [0.2, 0.25) is 0 Å². The van der Waals surface area contributed by atoms with E-state index in [0.717, 1.165) is 5.75 Å². The Balaban J connectivity index is 0.000000180. The van der Waals surface area contributed by atoms with Crippen molar-refractivity contribution in [3.63, 3.8) is 0 Å². The van der Waals surface area contributed by atoms with E-state index in [9.17, 15) is 4.79 Å². The van der Waals surface area contributed by atoms with Gasteiger partial charge < -0.3 is 19.7 Å². The van der Waals surface area contributed by atoms with Crippen LogP contribution in [0.3, 0.4) is 0 Å². The molecule has 1 aliphatic rings. The topological polar surface area (TPSA) is 76.0 Å². The van der Waals surface area contributed by atoms with E-state index in [2.05, 4.69) is 0 Å². The molecule has 0 amide bonds. The van der Waals surface area contributed by atoms with Crippen LogP contribution in [0.5, 0.6) is 0 Å². The molecule has 100 valence electrons. The molecule has 0 spiro atoms. The number of thioether (sulfide) groups is 1. The molecule has 6 heteroatoms. The molecule has 0 saturated carbocycles. The maximum atomic E-state index is 10.2. The van der Waals surface area contributed by atoms with Crippen LogP contribution in [0.15, 0.2) is 30.3 Å². The molecule has 0 radical (unpaired) electrons. The maximum Gasteiger partial charge on any atom is 0.335 e. The molecular weight excluding hydrogens is 256 g/mol. The van der Waals surface area contributed by atoms with Gasteiger partial charge in [-0.3, -0.25) is 0 Å². The van der Waals surface area contributed by atoms with E-state index < -0.39 is 5.97 Å². The number of methoxy groups -OCH3 is 1. The van der Waals surface area contributed by atoms with E-state index in [1.54, 1.807) is 49.2 Å². The molecular formula is C12H16O5S. The van der Waals surface area contributed by atoms with Crippen LogP contribution in [0.1, 0.15) is 10.4 Å². The zero-order valence-corrected chi connectivity index (χ0v) is 10.8. The number of rotatable bonds is 3. The van der Waals surface area contributed by atoms with Crippen molar-refractivity contribution in [3.8, 4) is 0 Å². The number of aromatic carboxylic acids is 1. The molecule has 1 fully saturated rings. The van der Waals surface area contributed by atoms with Crippen LogP contribution in [-0.2, 0) is 9.47 Å². The summed E-state index contributed by atoms with van der Waals surface area (Å²) in [6, 6.07) is 8.30. The van der Waals surface area contributed by atoms with Crippen LogP contribution in [0, 0.1) is 0 Å². The van der Waals surface area contributed by atoms with E-state index in [1.807, 2.05) is 0 Å². The molecule has 1 aromatic carbocycles. The third kappa shape index (κ3) is 5.05. The Labute approximate surface area is 110 Å². The highest BCUT2D eigenvalue weighted by Crippen LogP contribution is 2.24. The molecule has 1 aliphatic heterocycles. The lowest BCUT2D eigenvalue weighted by Crippen LogP contribution is -2.15. The Morgan fingerprint density at radius 2 is 2.17 bits per heavy atom. The van der Waals surface area contributed by atoms with Gasteiger partial charge in [0.2, 0.25) is 0 Å². The molecule has 2 atom stereocenters. The summed E-state index contributed by atoms with van der Waals surface area (Å²) in [6.45, 7) is 0.0739. The predicted molar refractivity (Wildman–Crippen MR) is 68.6 cm³/mol. The Morgan fingerprint density at radius 3 is 2.50 bits per heavy atom. The first-order chi connectivity index (χ1) is 8.67. The SMILES string of the molecule is COC1CSC(CO)O1.O=C(O)c1ccccc1. The normalized spacial score (nSPS) is 22.1. The number of ether oxygens (including phenoxy) is 2. The molecule has 2 unspecified atom stereocenters. The third-order valence-electron chi connectivity index (χ3n) is 2.15. The highest BCUT2D eigenvalue weighted by atomic mass is 32.2. The van der Waals surface area contributed by atoms with Crippen molar-refractivity contribution in [1.29, 1.82) is 0 Å². The molecule has 1 aromatic rings. The second-order valence-electron chi connectivity index (χ2n) is 3.42. The van der Waals surface area contributed by atoms with Crippen molar-refractivity contribution in [2.75, 3.05) is 19.5 Å². The Kier molecular flexibility index (Phi) is 6.74. The lowest BCUT2D eigenvalue weighted by Gasteiger charge is -2.07. The molecule has 0 bridgehead atoms. The lowest BCUT2D eigenvalue weighted by atomic mass is 10.2. The zero-order valence-electron chi connectivity index (χ0n) is 9.98. The van der Waals surface area contributed by atoms with Gasteiger partial charge in [0.15, 0.2) is 6.29 Å². The zero-order chi connectivity index (χ0) is 13.4. The number of benzene rings is 1. The fraction of sp³-hybridized carbons (Fsp3) is 0.417. The number of carbonyl (C=O) groups is 1. The van der Waals surface area contributed by atoms with Crippen molar-refractivity contribution in [3.05, 3.63) is 35.9 Å². The monoisotopic (exact) mass is 272 g/mol. The maximum absolute atomic E-state index is 10.2. The van der Waals surface area contributed by atoms with Crippen LogP contribution >= 0.6 is 11.8 Å². The fourth-order valence-corrected chi connectivity index (χ4v) is 2.13. The first-order valence-corrected chi connectivity index (χ1v) is 6.41. The van der Waals surface area contributed by atoms with Crippen LogP contribution in [-0.4, -0.2) is 47.4 Å². The summed E-state index contributed by atoms with van der Waals surface area (Å²) in [5.41, 5.74) is 0.257. The second kappa shape index (κ2) is 8.10. The Bertz CT molecular complexity index is 347. The highest BCUT2D eigenvalue weighted by Gasteiger charge is 2.24. The van der Waals surface area contributed by atoms with Gasteiger partial charge in [-0.05, 0) is 12.1 Å². The molecule has 1 heterocycles. The summed E-state index contributed by atoms with van der Waals surface area (Å²) in [6.07, 6.45) is -0.118. The number of aliphatic hydroxyl groups excluding tert-OH is 1. The molecule has 2 rings (SSSR count). The first-order valence-electron chi connectivity index (χ1n) is 5.36. The van der Waals surface area contributed by atoms with E-state index in [0.29, 0.717) is 5.56 Å². The van der Waals surface area contributed by atoms with E-state index in [-0.39, 0.29) is 18.3 Å². The number of hydrogen-bond acceptors (Lipinski definition) is 5. The minimum absolute atomic E-state index is 0.0739. The molecule has 18 heavy (non-hydrogen) atoms. The van der Waals surface area contributed by atoms with Crippen molar-refractivity contribution >= 4 is 17.7 Å². The van der Waals surface area contributed by atoms with Crippen LogP contribution < -0.4 is 0 Å². The summed E-state index contributed by atoms with van der Waals surface area (Å²) >= 11 is 1.58. The molecule has 2 N–H and O–H groups in total. The number of hydrogen-bond donors (Lipinski definition) is 2. The van der Waals surface area contributed by atoms with Gasteiger partial charge in [0.25, 0.3) is 0 Å². The van der Waals surface area contributed by atoms with Crippen LogP contribution in [0.25, 0.3) is 0 Å². The first kappa shape index (κ1) is 15.0. The minimum Gasteiger partial charge on any atom is -0.478 e.